The summed E-state index contributed by atoms with van der Waals surface area (Å²) < 4.78 is 0. The van der Waals surface area contributed by atoms with Crippen LogP contribution in [0.5, 0.6) is 0 Å². The van der Waals surface area contributed by atoms with E-state index in [2.05, 4.69) is 25.3 Å². The average Bonchev–Trinajstić information content (AvgIpc) is 3.29. The van der Waals surface area contributed by atoms with Crippen molar-refractivity contribution in [2.24, 2.45) is 16.0 Å². The third-order valence-electron chi connectivity index (χ3n) is 6.44. The summed E-state index contributed by atoms with van der Waals surface area (Å²) in [5.74, 6) is 0.988. The molecule has 2 aromatic rings. The van der Waals surface area contributed by atoms with Gasteiger partial charge in [-0.3, -0.25) is 0 Å². The number of nitrogens with zero attached hydrogens (tertiary/aromatic N) is 4. The van der Waals surface area contributed by atoms with Crippen LogP contribution in [0.15, 0.2) is 29.6 Å². The first-order valence-corrected chi connectivity index (χ1v) is 9.12. The van der Waals surface area contributed by atoms with Crippen LogP contribution in [-0.4, -0.2) is 45.5 Å². The lowest BCUT2D eigenvalue weighted by Crippen LogP contribution is -2.48. The van der Waals surface area contributed by atoms with Crippen molar-refractivity contribution in [3.8, 4) is 0 Å². The van der Waals surface area contributed by atoms with Gasteiger partial charge in [0.15, 0.2) is 0 Å². The lowest BCUT2D eigenvalue weighted by Gasteiger charge is -2.44. The third-order valence-corrected chi connectivity index (χ3v) is 6.68. The van der Waals surface area contributed by atoms with E-state index in [1.54, 1.807) is 6.20 Å². The molecule has 2 N–H and O–H groups in total. The summed E-state index contributed by atoms with van der Waals surface area (Å²) in [6.45, 7) is 3.55. The Labute approximate surface area is 150 Å². The molecule has 1 aliphatic carbocycles. The molecule has 4 aliphatic rings. The summed E-state index contributed by atoms with van der Waals surface area (Å²) in [6, 6.07) is 5.52. The first kappa shape index (κ1) is 15.3. The largest absolute Gasteiger partial charge is 0.409 e. The Morgan fingerprint density at radius 3 is 2.96 bits per heavy atom. The number of rotatable bonds is 3. The van der Waals surface area contributed by atoms with E-state index in [0.29, 0.717) is 22.2 Å². The van der Waals surface area contributed by atoms with Gasteiger partial charge < -0.3 is 15.4 Å². The van der Waals surface area contributed by atoms with Crippen LogP contribution in [0.25, 0.3) is 10.9 Å². The second-order valence-electron chi connectivity index (χ2n) is 7.76. The number of hydrogen-bond acceptors (Lipinski definition) is 5. The highest BCUT2D eigenvalue weighted by Crippen LogP contribution is 2.73. The Morgan fingerprint density at radius 1 is 1.36 bits per heavy atom. The van der Waals surface area contributed by atoms with Crippen LogP contribution in [0.3, 0.4) is 0 Å². The number of anilines is 1. The molecule has 0 amide bonds. The van der Waals surface area contributed by atoms with Crippen LogP contribution >= 0.6 is 11.6 Å². The molecule has 6 rings (SSSR count). The number of nitrogens with one attached hydrogen (secondary N) is 1. The first-order valence-electron chi connectivity index (χ1n) is 8.74. The quantitative estimate of drug-likeness (QED) is 0.381. The maximum absolute atomic E-state index is 9.51. The van der Waals surface area contributed by atoms with Gasteiger partial charge in [-0.05, 0) is 61.4 Å². The maximum atomic E-state index is 9.51. The van der Waals surface area contributed by atoms with E-state index in [0.717, 1.165) is 23.9 Å². The summed E-state index contributed by atoms with van der Waals surface area (Å²) in [5, 5.41) is 17.7. The first-order chi connectivity index (χ1) is 12.1. The minimum atomic E-state index is 0.262. The van der Waals surface area contributed by atoms with Crippen molar-refractivity contribution in [1.29, 1.82) is 0 Å². The number of oxime groups is 1. The van der Waals surface area contributed by atoms with Gasteiger partial charge in [0.2, 0.25) is 5.95 Å². The normalized spacial score (nSPS) is 33.3. The lowest BCUT2D eigenvalue weighted by molar-refractivity contribution is 0.0541. The fourth-order valence-electron chi connectivity index (χ4n) is 5.02. The van der Waals surface area contributed by atoms with Crippen molar-refractivity contribution >= 4 is 34.3 Å². The Balaban J connectivity index is 1.36. The number of hydrogen-bond donors (Lipinski definition) is 2. The molecular formula is C18H20ClN5O. The van der Waals surface area contributed by atoms with Gasteiger partial charge in [-0.1, -0.05) is 16.8 Å². The van der Waals surface area contributed by atoms with Gasteiger partial charge in [0.25, 0.3) is 0 Å². The summed E-state index contributed by atoms with van der Waals surface area (Å²) in [5.41, 5.74) is 1.50. The molecule has 3 aliphatic heterocycles. The van der Waals surface area contributed by atoms with Gasteiger partial charge in [-0.2, -0.15) is 0 Å². The second-order valence-corrected chi connectivity index (χ2v) is 8.20. The zero-order valence-corrected chi connectivity index (χ0v) is 14.6. The fraction of sp³-hybridized carbons (Fsp3) is 0.500. The van der Waals surface area contributed by atoms with Crippen molar-refractivity contribution in [3.63, 3.8) is 0 Å². The van der Waals surface area contributed by atoms with Gasteiger partial charge in [-0.15, -0.1) is 0 Å². The Morgan fingerprint density at radius 2 is 2.20 bits per heavy atom. The number of piperidine rings is 3. The molecule has 7 heteroatoms. The summed E-state index contributed by atoms with van der Waals surface area (Å²) in [6.07, 6.45) is 6.29. The van der Waals surface area contributed by atoms with Crippen LogP contribution in [0, 0.1) is 10.8 Å². The monoisotopic (exact) mass is 357 g/mol. The van der Waals surface area contributed by atoms with Gasteiger partial charge in [0.05, 0.1) is 5.52 Å². The Bertz CT molecular complexity index is 877. The van der Waals surface area contributed by atoms with Crippen molar-refractivity contribution in [2.75, 3.05) is 25.0 Å². The molecule has 0 radical (unpaired) electrons. The van der Waals surface area contributed by atoms with Gasteiger partial charge in [0, 0.05) is 29.6 Å². The van der Waals surface area contributed by atoms with Crippen LogP contribution in [0.1, 0.15) is 25.7 Å². The number of fused-ring (bicyclic) bond motifs is 3. The molecule has 130 valence electrons. The van der Waals surface area contributed by atoms with Crippen molar-refractivity contribution < 1.29 is 5.21 Å². The van der Waals surface area contributed by atoms with Crippen LogP contribution < -0.4 is 5.32 Å². The van der Waals surface area contributed by atoms with Crippen molar-refractivity contribution in [1.82, 2.24) is 14.9 Å². The van der Waals surface area contributed by atoms with Gasteiger partial charge in [-0.25, -0.2) is 9.97 Å². The minimum absolute atomic E-state index is 0.262. The van der Waals surface area contributed by atoms with E-state index >= 15 is 0 Å². The standard InChI is InChI=1S/C18H20ClN5O/c19-13-2-1-12-9-20-16(21-14(12)7-13)22-15(23-25)8-18-10-17(18)3-5-24(11-18)6-4-17/h1-2,7,9,25H,3-6,8,10-11H2,(H,20,21,22,23)/t18-/m0/s1. The molecule has 2 bridgehead atoms. The molecule has 6 nitrogen and oxygen atoms in total. The van der Waals surface area contributed by atoms with Gasteiger partial charge in [0.1, 0.15) is 5.84 Å². The van der Waals surface area contributed by atoms with E-state index in [4.69, 9.17) is 11.6 Å². The second kappa shape index (κ2) is 5.29. The molecular weight excluding hydrogens is 338 g/mol. The molecule has 4 heterocycles. The predicted octanol–water partition coefficient (Wildman–Crippen LogP) is 3.36. The summed E-state index contributed by atoms with van der Waals surface area (Å²) >= 11 is 6.04. The van der Waals surface area contributed by atoms with Crippen molar-refractivity contribution in [3.05, 3.63) is 29.4 Å². The molecule has 1 saturated carbocycles. The molecule has 0 unspecified atom stereocenters. The Hall–Kier alpha value is -1.92. The summed E-state index contributed by atoms with van der Waals surface area (Å²) in [7, 11) is 0. The van der Waals surface area contributed by atoms with Gasteiger partial charge >= 0.3 is 0 Å². The zero-order chi connectivity index (χ0) is 17.1. The number of halogens is 1. The molecule has 4 fully saturated rings. The van der Waals surface area contributed by atoms with E-state index in [9.17, 15) is 5.21 Å². The van der Waals surface area contributed by atoms with Crippen molar-refractivity contribution in [2.45, 2.75) is 25.7 Å². The SMILES string of the molecule is O/N=C(\C[C@]12CN3CCC1(CC3)C2)Nc1ncc2ccc(Cl)cc2n1. The van der Waals surface area contributed by atoms with Crippen LogP contribution in [-0.2, 0) is 0 Å². The zero-order valence-electron chi connectivity index (χ0n) is 13.9. The van der Waals surface area contributed by atoms with Crippen LogP contribution in [0.4, 0.5) is 5.95 Å². The smallest absolute Gasteiger partial charge is 0.228 e. The topological polar surface area (TPSA) is 73.6 Å². The fourth-order valence-corrected chi connectivity index (χ4v) is 5.18. The lowest BCUT2D eigenvalue weighted by atomic mass is 9.77. The highest BCUT2D eigenvalue weighted by Gasteiger charge is 2.70. The van der Waals surface area contributed by atoms with E-state index < -0.39 is 0 Å². The molecule has 1 aromatic carbocycles. The average molecular weight is 358 g/mol. The van der Waals surface area contributed by atoms with E-state index in [1.807, 2.05) is 18.2 Å². The van der Waals surface area contributed by atoms with E-state index in [1.165, 1.54) is 32.4 Å². The van der Waals surface area contributed by atoms with E-state index in [-0.39, 0.29) is 5.41 Å². The highest BCUT2D eigenvalue weighted by atomic mass is 35.5. The Kier molecular flexibility index (Phi) is 3.24. The number of aromatic nitrogens is 2. The van der Waals surface area contributed by atoms with Crippen LogP contribution in [0.2, 0.25) is 5.02 Å². The highest BCUT2D eigenvalue weighted by molar-refractivity contribution is 6.31. The molecule has 25 heavy (non-hydrogen) atoms. The maximum Gasteiger partial charge on any atom is 0.228 e. The summed E-state index contributed by atoms with van der Waals surface area (Å²) in [4.78, 5) is 11.4. The molecule has 3 saturated heterocycles. The predicted molar refractivity (Wildman–Crippen MR) is 97.2 cm³/mol. The molecule has 1 aromatic heterocycles. The minimum Gasteiger partial charge on any atom is -0.409 e. The number of amidine groups is 1. The number of benzene rings is 1. The molecule has 1 atom stereocenters. The third kappa shape index (κ3) is 2.39. The molecule has 1 spiro atoms.